The Bertz CT molecular complexity index is 884. The molecule has 0 spiro atoms. The number of hydrogen-bond donors (Lipinski definition) is 0. The highest BCUT2D eigenvalue weighted by Gasteiger charge is 2.51. The predicted molar refractivity (Wildman–Crippen MR) is 140 cm³/mol. The van der Waals surface area contributed by atoms with Crippen LogP contribution in [0.5, 0.6) is 0 Å². The van der Waals surface area contributed by atoms with E-state index in [1.807, 2.05) is 24.3 Å². The van der Waals surface area contributed by atoms with E-state index in [-0.39, 0.29) is 22.8 Å². The first-order chi connectivity index (χ1) is 16.3. The Morgan fingerprint density at radius 2 is 1.59 bits per heavy atom. The summed E-state index contributed by atoms with van der Waals surface area (Å²) >= 11 is 0. The van der Waals surface area contributed by atoms with Gasteiger partial charge < -0.3 is 9.16 Å². The van der Waals surface area contributed by atoms with Gasteiger partial charge in [0.25, 0.3) is 8.32 Å². The number of ether oxygens (including phenoxy) is 1. The highest BCUT2D eigenvalue weighted by Crippen LogP contribution is 2.41. The van der Waals surface area contributed by atoms with Gasteiger partial charge in [-0.25, -0.2) is 4.39 Å². The van der Waals surface area contributed by atoms with Gasteiger partial charge >= 0.3 is 5.97 Å². The molecule has 0 saturated heterocycles. The Balaban J connectivity index is 1.80. The molecular formula is C29H39FO3Si. The number of allylic oxidation sites excluding steroid dienone is 2. The highest BCUT2D eigenvalue weighted by atomic mass is 28.4. The molecule has 5 heteroatoms. The molecule has 1 saturated carbocycles. The Morgan fingerprint density at radius 1 is 1.00 bits per heavy atom. The van der Waals surface area contributed by atoms with E-state index in [9.17, 15) is 9.18 Å². The third-order valence-corrected chi connectivity index (χ3v) is 12.1. The average Bonchev–Trinajstić information content (AvgIpc) is 3.19. The molecule has 0 aromatic heterocycles. The first-order valence-corrected chi connectivity index (χ1v) is 14.3. The smallest absolute Gasteiger partial charge is 0.305 e. The molecule has 1 fully saturated rings. The first kappa shape index (κ1) is 26.4. The minimum absolute atomic E-state index is 0.0485. The van der Waals surface area contributed by atoms with Crippen LogP contribution in [-0.4, -0.2) is 34.2 Å². The molecule has 2 aromatic rings. The van der Waals surface area contributed by atoms with Crippen LogP contribution in [0, 0.1) is 11.8 Å². The predicted octanol–water partition coefficient (Wildman–Crippen LogP) is 5.83. The lowest BCUT2D eigenvalue weighted by molar-refractivity contribution is -0.140. The van der Waals surface area contributed by atoms with Crippen molar-refractivity contribution in [3.05, 3.63) is 72.8 Å². The lowest BCUT2D eigenvalue weighted by Gasteiger charge is -2.44. The zero-order valence-electron chi connectivity index (χ0n) is 21.0. The number of esters is 1. The second-order valence-electron chi connectivity index (χ2n) is 10.3. The van der Waals surface area contributed by atoms with E-state index >= 15 is 0 Å². The van der Waals surface area contributed by atoms with E-state index in [2.05, 4.69) is 74.0 Å². The van der Waals surface area contributed by atoms with Crippen molar-refractivity contribution >= 4 is 24.7 Å². The van der Waals surface area contributed by atoms with Crippen LogP contribution in [0.2, 0.25) is 5.04 Å². The summed E-state index contributed by atoms with van der Waals surface area (Å²) in [7, 11) is -1.22. The molecule has 3 rings (SSSR count). The minimum atomic E-state index is -2.62. The SMILES string of the molecule is COC(=O)CC/C=C\C[C@@H]1[C@@H](CO[Si](c2ccccc2)(c2ccccc2)C(C)(C)C)CC[C@H]1F. The summed E-state index contributed by atoms with van der Waals surface area (Å²) in [6, 6.07) is 21.2. The number of benzene rings is 2. The fourth-order valence-corrected chi connectivity index (χ4v) is 9.93. The van der Waals surface area contributed by atoms with E-state index in [1.165, 1.54) is 17.5 Å². The molecule has 34 heavy (non-hydrogen) atoms. The molecule has 0 bridgehead atoms. The summed E-state index contributed by atoms with van der Waals surface area (Å²) in [6.07, 6.45) is 6.30. The molecule has 184 valence electrons. The number of carbonyl (C=O) groups is 1. The van der Waals surface area contributed by atoms with E-state index in [1.54, 1.807) is 0 Å². The molecule has 3 nitrogen and oxygen atoms in total. The fraction of sp³-hybridized carbons (Fsp3) is 0.483. The van der Waals surface area contributed by atoms with Gasteiger partial charge in [-0.05, 0) is 52.9 Å². The molecule has 0 heterocycles. The van der Waals surface area contributed by atoms with Crippen molar-refractivity contribution in [2.45, 2.75) is 64.1 Å². The van der Waals surface area contributed by atoms with E-state index in [0.717, 1.165) is 6.42 Å². The third-order valence-electron chi connectivity index (χ3n) is 7.13. The van der Waals surface area contributed by atoms with E-state index < -0.39 is 14.5 Å². The van der Waals surface area contributed by atoms with E-state index in [0.29, 0.717) is 32.3 Å². The summed E-state index contributed by atoms with van der Waals surface area (Å²) in [5.41, 5.74) is 0. The number of halogens is 1. The van der Waals surface area contributed by atoms with Crippen molar-refractivity contribution in [2.75, 3.05) is 13.7 Å². The number of methoxy groups -OCH3 is 1. The Kier molecular flexibility index (Phi) is 9.26. The van der Waals surface area contributed by atoms with Gasteiger partial charge in [0.2, 0.25) is 0 Å². The fourth-order valence-electron chi connectivity index (χ4n) is 5.31. The summed E-state index contributed by atoms with van der Waals surface area (Å²) in [5, 5.41) is 2.41. The van der Waals surface area contributed by atoms with Gasteiger partial charge in [0, 0.05) is 13.0 Å². The Labute approximate surface area is 205 Å². The maximum absolute atomic E-state index is 14.9. The zero-order valence-corrected chi connectivity index (χ0v) is 22.0. The third kappa shape index (κ3) is 6.05. The van der Waals surface area contributed by atoms with Crippen molar-refractivity contribution in [1.29, 1.82) is 0 Å². The minimum Gasteiger partial charge on any atom is -0.469 e. The van der Waals surface area contributed by atoms with Crippen LogP contribution >= 0.6 is 0 Å². The Morgan fingerprint density at radius 3 is 2.12 bits per heavy atom. The van der Waals surface area contributed by atoms with Gasteiger partial charge in [0.1, 0.15) is 6.17 Å². The first-order valence-electron chi connectivity index (χ1n) is 12.4. The average molecular weight is 483 g/mol. The van der Waals surface area contributed by atoms with Crippen LogP contribution in [-0.2, 0) is 14.0 Å². The van der Waals surface area contributed by atoms with Crippen LogP contribution in [0.15, 0.2) is 72.8 Å². The largest absolute Gasteiger partial charge is 0.469 e. The van der Waals surface area contributed by atoms with Crippen molar-refractivity contribution < 1.29 is 18.3 Å². The van der Waals surface area contributed by atoms with Crippen molar-refractivity contribution in [3.63, 3.8) is 0 Å². The van der Waals surface area contributed by atoms with Crippen LogP contribution < -0.4 is 10.4 Å². The number of alkyl halides is 1. The van der Waals surface area contributed by atoms with Gasteiger partial charge in [-0.1, -0.05) is 93.6 Å². The van der Waals surface area contributed by atoms with Crippen LogP contribution in [0.1, 0.15) is 52.9 Å². The molecule has 0 N–H and O–H groups in total. The number of hydrogen-bond acceptors (Lipinski definition) is 3. The molecule has 3 atom stereocenters. The van der Waals surface area contributed by atoms with Crippen LogP contribution in [0.3, 0.4) is 0 Å². The maximum atomic E-state index is 14.9. The quantitative estimate of drug-likeness (QED) is 0.243. The molecule has 0 unspecified atom stereocenters. The molecular weight excluding hydrogens is 443 g/mol. The molecule has 0 amide bonds. The van der Waals surface area contributed by atoms with Crippen molar-refractivity contribution in [1.82, 2.24) is 0 Å². The van der Waals surface area contributed by atoms with Crippen LogP contribution in [0.4, 0.5) is 4.39 Å². The number of carbonyl (C=O) groups excluding carboxylic acids is 1. The van der Waals surface area contributed by atoms with Gasteiger partial charge in [0.05, 0.1) is 7.11 Å². The second-order valence-corrected chi connectivity index (χ2v) is 14.6. The molecule has 2 aromatic carbocycles. The standard InChI is InChI=1S/C29H39FO3Si/c1-29(2,3)34(24-14-8-5-9-15-24,25-16-10-6-11-17-25)33-22-23-20-21-27(30)26(23)18-12-7-13-19-28(31)32-4/h5-12,14-17,23,26-27H,13,18-22H2,1-4H3/b12-7-/t23-,26-,27-/m1/s1. The van der Waals surface area contributed by atoms with Gasteiger partial charge in [-0.3, -0.25) is 4.79 Å². The van der Waals surface area contributed by atoms with Crippen molar-refractivity contribution in [3.8, 4) is 0 Å². The lowest BCUT2D eigenvalue weighted by atomic mass is 9.92. The van der Waals surface area contributed by atoms with Crippen molar-refractivity contribution in [2.24, 2.45) is 11.8 Å². The van der Waals surface area contributed by atoms with Gasteiger partial charge in [-0.2, -0.15) is 0 Å². The summed E-state index contributed by atoms with van der Waals surface area (Å²) in [5.74, 6) is -0.0834. The van der Waals surface area contributed by atoms with E-state index in [4.69, 9.17) is 4.43 Å². The molecule has 1 aliphatic carbocycles. The normalized spacial score (nSPS) is 21.1. The molecule has 0 radical (unpaired) electrons. The maximum Gasteiger partial charge on any atom is 0.305 e. The van der Waals surface area contributed by atoms with Gasteiger partial charge in [-0.15, -0.1) is 0 Å². The Hall–Kier alpha value is -2.24. The molecule has 1 aliphatic rings. The monoisotopic (exact) mass is 482 g/mol. The highest BCUT2D eigenvalue weighted by molar-refractivity contribution is 6.99. The lowest BCUT2D eigenvalue weighted by Crippen LogP contribution is -2.67. The summed E-state index contributed by atoms with van der Waals surface area (Å²) in [4.78, 5) is 11.3. The number of rotatable bonds is 10. The topological polar surface area (TPSA) is 35.5 Å². The van der Waals surface area contributed by atoms with Gasteiger partial charge in [0.15, 0.2) is 0 Å². The molecule has 0 aliphatic heterocycles. The second kappa shape index (κ2) is 11.9. The zero-order chi connectivity index (χ0) is 24.6. The van der Waals surface area contributed by atoms with Crippen LogP contribution in [0.25, 0.3) is 0 Å². The summed E-state index contributed by atoms with van der Waals surface area (Å²) in [6.45, 7) is 7.38. The summed E-state index contributed by atoms with van der Waals surface area (Å²) < 4.78 is 26.6.